The number of hydrogen-bond donors (Lipinski definition) is 1. The van der Waals surface area contributed by atoms with E-state index in [-0.39, 0.29) is 17.7 Å². The van der Waals surface area contributed by atoms with Crippen LogP contribution >= 0.6 is 0 Å². The maximum atomic E-state index is 12.4. The molecule has 1 saturated heterocycles. The van der Waals surface area contributed by atoms with Gasteiger partial charge in [-0.15, -0.1) is 0 Å². The van der Waals surface area contributed by atoms with Crippen LogP contribution in [0, 0.1) is 5.92 Å². The molecular formula is C14H25N3O2. The van der Waals surface area contributed by atoms with E-state index in [1.54, 1.807) is 0 Å². The lowest BCUT2D eigenvalue weighted by atomic mass is 9.96. The van der Waals surface area contributed by atoms with Crippen LogP contribution in [-0.2, 0) is 9.59 Å². The number of carbonyl (C=O) groups is 2. The molecule has 0 aromatic carbocycles. The predicted molar refractivity (Wildman–Crippen MR) is 73.4 cm³/mol. The van der Waals surface area contributed by atoms with E-state index in [1.165, 1.54) is 0 Å². The Hall–Kier alpha value is -1.10. The number of nitrogens with zero attached hydrogens (tertiary/aromatic N) is 2. The minimum absolute atomic E-state index is 0.0259. The number of rotatable bonds is 2. The van der Waals surface area contributed by atoms with Crippen LogP contribution in [0.4, 0.5) is 0 Å². The lowest BCUT2D eigenvalue weighted by molar-refractivity contribution is -0.144. The Bertz CT molecular complexity index is 354. The Morgan fingerprint density at radius 1 is 1.00 bits per heavy atom. The van der Waals surface area contributed by atoms with Crippen molar-refractivity contribution < 1.29 is 9.59 Å². The summed E-state index contributed by atoms with van der Waals surface area (Å²) >= 11 is 0. The van der Waals surface area contributed by atoms with E-state index in [2.05, 4.69) is 0 Å². The molecule has 0 aromatic heterocycles. The molecule has 1 heterocycles. The topological polar surface area (TPSA) is 66.6 Å². The highest BCUT2D eigenvalue weighted by Crippen LogP contribution is 2.29. The van der Waals surface area contributed by atoms with E-state index in [9.17, 15) is 9.59 Å². The minimum atomic E-state index is -0.635. The average Bonchev–Trinajstić information content (AvgIpc) is 2.85. The number of amides is 2. The second-order valence-electron chi connectivity index (χ2n) is 6.14. The Morgan fingerprint density at radius 3 is 1.95 bits per heavy atom. The molecule has 0 unspecified atom stereocenters. The van der Waals surface area contributed by atoms with E-state index in [1.807, 2.05) is 23.6 Å². The van der Waals surface area contributed by atoms with Crippen LogP contribution in [-0.4, -0.2) is 53.3 Å². The van der Waals surface area contributed by atoms with Crippen molar-refractivity contribution >= 4 is 11.8 Å². The van der Waals surface area contributed by atoms with Gasteiger partial charge in [0.1, 0.15) is 0 Å². The van der Waals surface area contributed by atoms with Crippen molar-refractivity contribution in [3.05, 3.63) is 0 Å². The van der Waals surface area contributed by atoms with Gasteiger partial charge in [0.15, 0.2) is 0 Å². The fourth-order valence-corrected chi connectivity index (χ4v) is 3.03. The number of piperazine rings is 1. The lowest BCUT2D eigenvalue weighted by Gasteiger charge is -2.39. The number of nitrogens with two attached hydrogens (primary N) is 1. The molecule has 0 spiro atoms. The van der Waals surface area contributed by atoms with E-state index in [4.69, 9.17) is 5.73 Å². The average molecular weight is 267 g/mol. The normalized spacial score (nSPS) is 22.9. The number of hydrogen-bond acceptors (Lipinski definition) is 3. The largest absolute Gasteiger partial charge is 0.339 e. The molecular weight excluding hydrogens is 242 g/mol. The third-order valence-electron chi connectivity index (χ3n) is 4.29. The summed E-state index contributed by atoms with van der Waals surface area (Å²) in [5.41, 5.74) is 5.57. The zero-order valence-corrected chi connectivity index (χ0v) is 12.0. The quantitative estimate of drug-likeness (QED) is 0.796. The van der Waals surface area contributed by atoms with Gasteiger partial charge in [-0.25, -0.2) is 0 Å². The molecule has 5 heteroatoms. The lowest BCUT2D eigenvalue weighted by Crippen LogP contribution is -2.59. The molecule has 0 aromatic rings. The summed E-state index contributed by atoms with van der Waals surface area (Å²) < 4.78 is 0. The van der Waals surface area contributed by atoms with Gasteiger partial charge in [-0.05, 0) is 12.8 Å². The van der Waals surface area contributed by atoms with Crippen LogP contribution in [0.1, 0.15) is 39.5 Å². The van der Waals surface area contributed by atoms with Gasteiger partial charge in [-0.1, -0.05) is 26.7 Å². The zero-order valence-electron chi connectivity index (χ0n) is 12.0. The molecule has 1 saturated carbocycles. The maximum Gasteiger partial charge on any atom is 0.242 e. The Labute approximate surface area is 115 Å². The van der Waals surface area contributed by atoms with Gasteiger partial charge in [-0.2, -0.15) is 0 Å². The van der Waals surface area contributed by atoms with E-state index >= 15 is 0 Å². The summed E-state index contributed by atoms with van der Waals surface area (Å²) in [6.45, 7) is 6.34. The Morgan fingerprint density at radius 2 is 1.47 bits per heavy atom. The fourth-order valence-electron chi connectivity index (χ4n) is 3.03. The van der Waals surface area contributed by atoms with Crippen LogP contribution in [0.15, 0.2) is 0 Å². The van der Waals surface area contributed by atoms with Gasteiger partial charge in [0, 0.05) is 32.1 Å². The van der Waals surface area contributed by atoms with Crippen LogP contribution in [0.25, 0.3) is 0 Å². The van der Waals surface area contributed by atoms with Crippen molar-refractivity contribution in [3.8, 4) is 0 Å². The predicted octanol–water partition coefficient (Wildman–Crippen LogP) is 0.585. The van der Waals surface area contributed by atoms with Crippen molar-refractivity contribution in [2.45, 2.75) is 45.1 Å². The zero-order chi connectivity index (χ0) is 14.0. The molecule has 0 bridgehead atoms. The maximum absolute atomic E-state index is 12.4. The van der Waals surface area contributed by atoms with Crippen molar-refractivity contribution in [1.29, 1.82) is 0 Å². The van der Waals surface area contributed by atoms with Crippen LogP contribution < -0.4 is 5.73 Å². The van der Waals surface area contributed by atoms with E-state index in [0.717, 1.165) is 25.7 Å². The van der Waals surface area contributed by atoms with Gasteiger partial charge in [-0.3, -0.25) is 9.59 Å². The first-order chi connectivity index (χ1) is 8.94. The van der Waals surface area contributed by atoms with Gasteiger partial charge in [0.25, 0.3) is 0 Å². The highest BCUT2D eigenvalue weighted by atomic mass is 16.2. The summed E-state index contributed by atoms with van der Waals surface area (Å²) in [6.07, 6.45) is 3.70. The van der Waals surface area contributed by atoms with E-state index < -0.39 is 5.54 Å². The van der Waals surface area contributed by atoms with Crippen molar-refractivity contribution in [2.75, 3.05) is 26.2 Å². The van der Waals surface area contributed by atoms with Gasteiger partial charge in [0.2, 0.25) is 11.8 Å². The second kappa shape index (κ2) is 5.49. The molecule has 19 heavy (non-hydrogen) atoms. The fraction of sp³-hybridized carbons (Fsp3) is 0.857. The first-order valence-corrected chi connectivity index (χ1v) is 7.31. The molecule has 5 nitrogen and oxygen atoms in total. The van der Waals surface area contributed by atoms with Crippen LogP contribution in [0.2, 0.25) is 0 Å². The standard InChI is InChI=1S/C14H25N3O2/c1-11(2)12(18)16-7-9-17(10-8-16)13(19)14(15)5-3-4-6-14/h11H,3-10,15H2,1-2H3. The molecule has 0 radical (unpaired) electrons. The third-order valence-corrected chi connectivity index (χ3v) is 4.29. The monoisotopic (exact) mass is 267 g/mol. The van der Waals surface area contributed by atoms with E-state index in [0.29, 0.717) is 26.2 Å². The van der Waals surface area contributed by atoms with Crippen molar-refractivity contribution in [1.82, 2.24) is 9.80 Å². The molecule has 1 aliphatic carbocycles. The summed E-state index contributed by atoms with van der Waals surface area (Å²) in [6, 6.07) is 0. The Kier molecular flexibility index (Phi) is 4.13. The van der Waals surface area contributed by atoms with Gasteiger partial charge >= 0.3 is 0 Å². The molecule has 0 atom stereocenters. The molecule has 2 fully saturated rings. The molecule has 2 amide bonds. The van der Waals surface area contributed by atoms with Crippen molar-refractivity contribution in [2.24, 2.45) is 11.7 Å². The summed E-state index contributed by atoms with van der Waals surface area (Å²) in [5, 5.41) is 0. The smallest absolute Gasteiger partial charge is 0.242 e. The van der Waals surface area contributed by atoms with Gasteiger partial charge in [0.05, 0.1) is 5.54 Å². The summed E-state index contributed by atoms with van der Waals surface area (Å²) in [4.78, 5) is 28.0. The highest BCUT2D eigenvalue weighted by Gasteiger charge is 2.40. The minimum Gasteiger partial charge on any atom is -0.339 e. The molecule has 108 valence electrons. The van der Waals surface area contributed by atoms with Gasteiger partial charge < -0.3 is 15.5 Å². The van der Waals surface area contributed by atoms with Crippen LogP contribution in [0.5, 0.6) is 0 Å². The molecule has 2 rings (SSSR count). The summed E-state index contributed by atoms with van der Waals surface area (Å²) in [7, 11) is 0. The first-order valence-electron chi connectivity index (χ1n) is 7.31. The first kappa shape index (κ1) is 14.3. The molecule has 2 aliphatic rings. The summed E-state index contributed by atoms with van der Waals surface area (Å²) in [5.74, 6) is 0.287. The highest BCUT2D eigenvalue weighted by molar-refractivity contribution is 5.87. The molecule has 1 aliphatic heterocycles. The second-order valence-corrected chi connectivity index (χ2v) is 6.14. The molecule has 2 N–H and O–H groups in total. The van der Waals surface area contributed by atoms with Crippen LogP contribution in [0.3, 0.4) is 0 Å². The van der Waals surface area contributed by atoms with Crippen molar-refractivity contribution in [3.63, 3.8) is 0 Å². The third kappa shape index (κ3) is 2.91. The number of carbonyl (C=O) groups excluding carboxylic acids is 2. The Balaban J connectivity index is 1.89. The SMILES string of the molecule is CC(C)C(=O)N1CCN(C(=O)C2(N)CCCC2)CC1.